The molecule has 0 aliphatic carbocycles. The summed E-state index contributed by atoms with van der Waals surface area (Å²) >= 11 is 3.75. The molecule has 0 radical (unpaired) electrons. The molecule has 1 unspecified atom stereocenters. The summed E-state index contributed by atoms with van der Waals surface area (Å²) in [6.07, 6.45) is 5.51. The minimum Gasteiger partial charge on any atom is -0.312 e. The monoisotopic (exact) mass is 251 g/mol. The topological polar surface area (TPSA) is 12.0 Å². The molecule has 2 rings (SSSR count). The van der Waals surface area contributed by atoms with Crippen LogP contribution in [-0.4, -0.2) is 7.05 Å². The minimum atomic E-state index is 0.504. The highest BCUT2D eigenvalue weighted by molar-refractivity contribution is 7.26. The lowest BCUT2D eigenvalue weighted by molar-refractivity contribution is 0.538. The maximum atomic E-state index is 3.77. The first-order valence-corrected chi connectivity index (χ1v) is 7.30. The molecule has 3 heteroatoms. The van der Waals surface area contributed by atoms with Gasteiger partial charge in [0.2, 0.25) is 0 Å². The third kappa shape index (κ3) is 2.54. The summed E-state index contributed by atoms with van der Waals surface area (Å²) in [6, 6.07) is 5.05. The number of thiophene rings is 2. The van der Waals surface area contributed by atoms with Crippen molar-refractivity contribution in [3.63, 3.8) is 0 Å². The molecule has 1 atom stereocenters. The van der Waals surface area contributed by atoms with E-state index in [9.17, 15) is 0 Å². The van der Waals surface area contributed by atoms with Crippen molar-refractivity contribution < 1.29 is 0 Å². The summed E-state index contributed by atoms with van der Waals surface area (Å²) < 4.78 is 2.84. The molecule has 86 valence electrons. The van der Waals surface area contributed by atoms with E-state index in [0.29, 0.717) is 6.04 Å². The second kappa shape index (κ2) is 5.62. The highest BCUT2D eigenvalue weighted by Crippen LogP contribution is 2.34. The maximum Gasteiger partial charge on any atom is 0.0454 e. The smallest absolute Gasteiger partial charge is 0.0454 e. The van der Waals surface area contributed by atoms with E-state index < -0.39 is 0 Å². The zero-order valence-corrected chi connectivity index (χ0v) is 11.2. The summed E-state index contributed by atoms with van der Waals surface area (Å²) in [7, 11) is 2.05. The second-order valence-electron chi connectivity index (χ2n) is 3.86. The Labute approximate surface area is 105 Å². The summed E-state index contributed by atoms with van der Waals surface area (Å²) in [5.41, 5.74) is 0. The molecule has 1 N–H and O–H groups in total. The quantitative estimate of drug-likeness (QED) is 0.585. The third-order valence-corrected chi connectivity index (χ3v) is 4.96. The molecule has 2 aromatic rings. The van der Waals surface area contributed by atoms with Gasteiger partial charge in [0.15, 0.2) is 0 Å². The largest absolute Gasteiger partial charge is 0.312 e. The van der Waals surface area contributed by atoms with Gasteiger partial charge < -0.3 is 5.32 Å². The SMILES string of the molecule is C=CCCCC(NC)c1cc2sccc2s1. The predicted octanol–water partition coefficient (Wildman–Crippen LogP) is 4.58. The summed E-state index contributed by atoms with van der Waals surface area (Å²) in [5.74, 6) is 0. The van der Waals surface area contributed by atoms with Crippen LogP contribution in [0.15, 0.2) is 30.2 Å². The van der Waals surface area contributed by atoms with Crippen molar-refractivity contribution in [2.45, 2.75) is 25.3 Å². The molecule has 2 heterocycles. The van der Waals surface area contributed by atoms with E-state index in [1.807, 2.05) is 35.8 Å². The number of rotatable bonds is 6. The van der Waals surface area contributed by atoms with Crippen LogP contribution in [0.3, 0.4) is 0 Å². The zero-order valence-electron chi connectivity index (χ0n) is 9.53. The molecular formula is C13H17NS2. The normalized spacial score (nSPS) is 13.1. The molecule has 0 aliphatic rings. The Balaban J connectivity index is 2.08. The van der Waals surface area contributed by atoms with Crippen LogP contribution >= 0.6 is 22.7 Å². The van der Waals surface area contributed by atoms with E-state index in [-0.39, 0.29) is 0 Å². The van der Waals surface area contributed by atoms with Crippen LogP contribution in [0, 0.1) is 0 Å². The van der Waals surface area contributed by atoms with Gasteiger partial charge >= 0.3 is 0 Å². The maximum absolute atomic E-state index is 3.77. The lowest BCUT2D eigenvalue weighted by atomic mass is 10.1. The molecule has 0 saturated heterocycles. The number of nitrogens with one attached hydrogen (secondary N) is 1. The Hall–Kier alpha value is -0.640. The molecule has 0 fully saturated rings. The summed E-state index contributed by atoms with van der Waals surface area (Å²) in [5, 5.41) is 5.57. The van der Waals surface area contributed by atoms with Gasteiger partial charge in [-0.3, -0.25) is 0 Å². The first-order valence-electron chi connectivity index (χ1n) is 5.60. The highest BCUT2D eigenvalue weighted by Gasteiger charge is 2.12. The van der Waals surface area contributed by atoms with Crippen LogP contribution in [0.5, 0.6) is 0 Å². The number of hydrogen-bond donors (Lipinski definition) is 1. The lowest BCUT2D eigenvalue weighted by Crippen LogP contribution is -2.14. The van der Waals surface area contributed by atoms with Gasteiger partial charge in [0, 0.05) is 20.3 Å². The van der Waals surface area contributed by atoms with Crippen molar-refractivity contribution in [1.82, 2.24) is 5.32 Å². The van der Waals surface area contributed by atoms with E-state index in [2.05, 4.69) is 29.4 Å². The van der Waals surface area contributed by atoms with Crippen LogP contribution in [-0.2, 0) is 0 Å². The summed E-state index contributed by atoms with van der Waals surface area (Å²) in [4.78, 5) is 1.47. The molecule has 2 aromatic heterocycles. The molecule has 1 nitrogen and oxygen atoms in total. The van der Waals surface area contributed by atoms with Crippen LogP contribution < -0.4 is 5.32 Å². The van der Waals surface area contributed by atoms with Crippen LogP contribution in [0.25, 0.3) is 9.40 Å². The number of hydrogen-bond acceptors (Lipinski definition) is 3. The molecule has 0 aromatic carbocycles. The summed E-state index contributed by atoms with van der Waals surface area (Å²) in [6.45, 7) is 3.77. The average Bonchev–Trinajstić information content (AvgIpc) is 2.84. The molecule has 0 bridgehead atoms. The minimum absolute atomic E-state index is 0.504. The van der Waals surface area contributed by atoms with E-state index in [1.165, 1.54) is 27.1 Å². The van der Waals surface area contributed by atoms with E-state index in [1.54, 1.807) is 0 Å². The molecule has 0 saturated carbocycles. The van der Waals surface area contributed by atoms with Crippen molar-refractivity contribution in [3.8, 4) is 0 Å². The fraction of sp³-hybridized carbons (Fsp3) is 0.385. The zero-order chi connectivity index (χ0) is 11.4. The van der Waals surface area contributed by atoms with E-state index >= 15 is 0 Å². The Bertz CT molecular complexity index is 427. The van der Waals surface area contributed by atoms with E-state index in [0.717, 1.165) is 6.42 Å². The molecule has 0 spiro atoms. The van der Waals surface area contributed by atoms with Gasteiger partial charge in [0.05, 0.1) is 0 Å². The van der Waals surface area contributed by atoms with Gasteiger partial charge in [0.25, 0.3) is 0 Å². The molecule has 0 amide bonds. The fourth-order valence-corrected chi connectivity index (χ4v) is 4.12. The van der Waals surface area contributed by atoms with Crippen molar-refractivity contribution in [2.75, 3.05) is 7.05 Å². The Kier molecular flexibility index (Phi) is 4.16. The van der Waals surface area contributed by atoms with E-state index in [4.69, 9.17) is 0 Å². The van der Waals surface area contributed by atoms with Gasteiger partial charge in [-0.25, -0.2) is 0 Å². The lowest BCUT2D eigenvalue weighted by Gasteiger charge is -2.13. The van der Waals surface area contributed by atoms with Gasteiger partial charge in [-0.15, -0.1) is 29.3 Å². The first-order chi connectivity index (χ1) is 7.85. The van der Waals surface area contributed by atoms with Gasteiger partial charge in [0.1, 0.15) is 0 Å². The van der Waals surface area contributed by atoms with Gasteiger partial charge in [-0.1, -0.05) is 6.08 Å². The third-order valence-electron chi connectivity index (χ3n) is 2.75. The van der Waals surface area contributed by atoms with Crippen molar-refractivity contribution in [2.24, 2.45) is 0 Å². The van der Waals surface area contributed by atoms with Crippen LogP contribution in [0.4, 0.5) is 0 Å². The Morgan fingerprint density at radius 3 is 3.06 bits per heavy atom. The van der Waals surface area contributed by atoms with Gasteiger partial charge in [-0.2, -0.15) is 0 Å². The predicted molar refractivity (Wildman–Crippen MR) is 75.6 cm³/mol. The van der Waals surface area contributed by atoms with Crippen molar-refractivity contribution in [1.29, 1.82) is 0 Å². The average molecular weight is 251 g/mol. The van der Waals surface area contributed by atoms with Crippen LogP contribution in [0.1, 0.15) is 30.2 Å². The Morgan fingerprint density at radius 1 is 1.50 bits per heavy atom. The molecule has 0 aliphatic heterocycles. The standard InChI is InChI=1S/C13H17NS2/c1-3-4-5-6-10(14-2)12-9-13-11(16-12)7-8-15-13/h3,7-10,14H,1,4-6H2,2H3. The first kappa shape index (κ1) is 11.8. The van der Waals surface area contributed by atoms with Crippen molar-refractivity contribution >= 4 is 32.1 Å². The Morgan fingerprint density at radius 2 is 2.38 bits per heavy atom. The highest BCUT2D eigenvalue weighted by atomic mass is 32.1. The van der Waals surface area contributed by atoms with Crippen molar-refractivity contribution in [3.05, 3.63) is 35.0 Å². The van der Waals surface area contributed by atoms with Gasteiger partial charge in [-0.05, 0) is 43.8 Å². The number of fused-ring (bicyclic) bond motifs is 1. The fourth-order valence-electron chi connectivity index (χ4n) is 1.85. The molecule has 16 heavy (non-hydrogen) atoms. The van der Waals surface area contributed by atoms with Crippen LogP contribution in [0.2, 0.25) is 0 Å². The number of unbranched alkanes of at least 4 members (excludes halogenated alkanes) is 1. The molecular weight excluding hydrogens is 234 g/mol. The second-order valence-corrected chi connectivity index (χ2v) is 5.92. The number of allylic oxidation sites excluding steroid dienone is 1.